The minimum absolute atomic E-state index is 0.539. The van der Waals surface area contributed by atoms with Gasteiger partial charge in [0.2, 0.25) is 0 Å². The van der Waals surface area contributed by atoms with E-state index >= 15 is 0 Å². The summed E-state index contributed by atoms with van der Waals surface area (Å²) in [5, 5.41) is 2.10. The monoisotopic (exact) mass is 651 g/mol. The van der Waals surface area contributed by atoms with Gasteiger partial charge in [-0.15, -0.1) is 0 Å². The molecule has 0 atom stereocenters. The topological polar surface area (TPSA) is 35.3 Å². The summed E-state index contributed by atoms with van der Waals surface area (Å²) in [6.45, 7) is 0. The average molecular weight is 652 g/mol. The Kier molecular flexibility index (Phi) is 5.88. The second kappa shape index (κ2) is 10.6. The Morgan fingerprint density at radius 1 is 0.392 bits per heavy atom. The molecular formula is C48H29NO2. The molecule has 1 aliphatic carbocycles. The maximum absolute atomic E-state index is 6.85. The van der Waals surface area contributed by atoms with Crippen LogP contribution in [0.15, 0.2) is 180 Å². The van der Waals surface area contributed by atoms with E-state index in [0.29, 0.717) is 0 Å². The SMILES string of the molecule is c1ccc(-c2cc(-c3ccccc3)nc(-c3cccc4c3oc3cc5c(cc34)C3(c4ccccc4O5)c4ccccc4-c4ccccc43)c2)cc1. The average Bonchev–Trinajstić information content (AvgIpc) is 3.71. The van der Waals surface area contributed by atoms with E-state index in [2.05, 4.69) is 164 Å². The molecule has 0 unspecified atom stereocenters. The van der Waals surface area contributed by atoms with Crippen LogP contribution in [0.2, 0.25) is 0 Å². The fourth-order valence-electron chi connectivity index (χ4n) is 8.57. The van der Waals surface area contributed by atoms with E-state index in [1.165, 1.54) is 22.3 Å². The second-order valence-corrected chi connectivity index (χ2v) is 13.4. The minimum Gasteiger partial charge on any atom is -0.457 e. The van der Waals surface area contributed by atoms with Crippen molar-refractivity contribution in [2.75, 3.05) is 0 Å². The molecule has 3 heterocycles. The summed E-state index contributed by atoms with van der Waals surface area (Å²) in [6, 6.07) is 62.2. The van der Waals surface area contributed by atoms with Gasteiger partial charge in [-0.1, -0.05) is 140 Å². The lowest BCUT2D eigenvalue weighted by Crippen LogP contribution is -2.32. The number of ether oxygens (including phenoxy) is 1. The number of fused-ring (bicyclic) bond motifs is 12. The third-order valence-corrected chi connectivity index (χ3v) is 10.7. The van der Waals surface area contributed by atoms with E-state index in [1.54, 1.807) is 0 Å². The highest BCUT2D eigenvalue weighted by molar-refractivity contribution is 6.10. The van der Waals surface area contributed by atoms with Gasteiger partial charge in [0, 0.05) is 39.1 Å². The fourth-order valence-corrected chi connectivity index (χ4v) is 8.57. The van der Waals surface area contributed by atoms with Gasteiger partial charge >= 0.3 is 0 Å². The summed E-state index contributed by atoms with van der Waals surface area (Å²) in [5.41, 5.74) is 14.4. The number of para-hydroxylation sites is 2. The quantitative estimate of drug-likeness (QED) is 0.191. The first-order chi connectivity index (χ1) is 25.3. The molecule has 11 rings (SSSR count). The van der Waals surface area contributed by atoms with Crippen molar-refractivity contribution in [2.45, 2.75) is 5.41 Å². The van der Waals surface area contributed by atoms with E-state index in [-0.39, 0.29) is 0 Å². The predicted molar refractivity (Wildman–Crippen MR) is 205 cm³/mol. The maximum atomic E-state index is 6.85. The van der Waals surface area contributed by atoms with Crippen molar-refractivity contribution in [1.29, 1.82) is 0 Å². The zero-order valence-electron chi connectivity index (χ0n) is 27.5. The Balaban J connectivity index is 1.18. The van der Waals surface area contributed by atoms with Gasteiger partial charge in [-0.2, -0.15) is 0 Å². The van der Waals surface area contributed by atoms with Crippen molar-refractivity contribution in [2.24, 2.45) is 0 Å². The number of furan rings is 1. The Morgan fingerprint density at radius 2 is 1.00 bits per heavy atom. The number of hydrogen-bond acceptors (Lipinski definition) is 3. The van der Waals surface area contributed by atoms with Crippen LogP contribution in [-0.2, 0) is 5.41 Å². The molecule has 1 spiro atoms. The number of hydrogen-bond donors (Lipinski definition) is 0. The molecule has 9 aromatic rings. The fraction of sp³-hybridized carbons (Fsp3) is 0.0208. The van der Waals surface area contributed by atoms with Crippen molar-refractivity contribution in [1.82, 2.24) is 4.98 Å². The minimum atomic E-state index is -0.539. The van der Waals surface area contributed by atoms with E-state index in [0.717, 1.165) is 78.2 Å². The molecule has 7 aromatic carbocycles. The van der Waals surface area contributed by atoms with Gasteiger partial charge in [0.05, 0.1) is 16.8 Å². The van der Waals surface area contributed by atoms with Gasteiger partial charge in [-0.25, -0.2) is 4.98 Å². The second-order valence-electron chi connectivity index (χ2n) is 13.4. The number of pyridine rings is 1. The Bertz CT molecular complexity index is 2730. The van der Waals surface area contributed by atoms with Crippen LogP contribution < -0.4 is 4.74 Å². The summed E-state index contributed by atoms with van der Waals surface area (Å²) < 4.78 is 13.6. The van der Waals surface area contributed by atoms with Gasteiger partial charge in [0.1, 0.15) is 22.7 Å². The Morgan fingerprint density at radius 3 is 1.75 bits per heavy atom. The van der Waals surface area contributed by atoms with Gasteiger partial charge in [0.25, 0.3) is 0 Å². The third kappa shape index (κ3) is 3.97. The summed E-state index contributed by atoms with van der Waals surface area (Å²) in [5.74, 6) is 1.67. The molecule has 3 nitrogen and oxygen atoms in total. The molecule has 238 valence electrons. The van der Waals surface area contributed by atoms with E-state index < -0.39 is 5.41 Å². The van der Waals surface area contributed by atoms with Gasteiger partial charge in [-0.05, 0) is 63.7 Å². The zero-order valence-corrected chi connectivity index (χ0v) is 27.5. The van der Waals surface area contributed by atoms with E-state index in [9.17, 15) is 0 Å². The first-order valence-corrected chi connectivity index (χ1v) is 17.4. The van der Waals surface area contributed by atoms with Gasteiger partial charge < -0.3 is 9.15 Å². The molecule has 1 aliphatic heterocycles. The number of aromatic nitrogens is 1. The summed E-state index contributed by atoms with van der Waals surface area (Å²) in [4.78, 5) is 5.25. The highest BCUT2D eigenvalue weighted by Crippen LogP contribution is 2.62. The lowest BCUT2D eigenvalue weighted by molar-refractivity contribution is 0.436. The molecule has 51 heavy (non-hydrogen) atoms. The van der Waals surface area contributed by atoms with E-state index in [1.807, 2.05) is 12.1 Å². The summed E-state index contributed by atoms with van der Waals surface area (Å²) in [6.07, 6.45) is 0. The lowest BCUT2D eigenvalue weighted by Gasteiger charge is -2.39. The van der Waals surface area contributed by atoms with Crippen molar-refractivity contribution < 1.29 is 9.15 Å². The smallest absolute Gasteiger partial charge is 0.144 e. The molecule has 0 N–H and O–H groups in total. The van der Waals surface area contributed by atoms with Gasteiger partial charge in [-0.3, -0.25) is 0 Å². The standard InChI is InChI=1S/C48H29NO2/c1-3-14-30(15-4-1)32-26-42(31-16-5-2-6-17-31)49-43(27-32)36-21-13-20-35-37-28-41-46(29-45(37)51-47(35)36)50-44-25-12-11-24-40(44)48(41)38-22-9-7-18-33(38)34-19-8-10-23-39(34)48/h1-29H. The van der Waals surface area contributed by atoms with Crippen LogP contribution in [-0.4, -0.2) is 4.98 Å². The van der Waals surface area contributed by atoms with Crippen molar-refractivity contribution >= 4 is 21.9 Å². The Labute approximate surface area is 295 Å². The summed E-state index contributed by atoms with van der Waals surface area (Å²) >= 11 is 0. The molecule has 0 amide bonds. The summed E-state index contributed by atoms with van der Waals surface area (Å²) in [7, 11) is 0. The predicted octanol–water partition coefficient (Wildman–Crippen LogP) is 12.5. The first kappa shape index (κ1) is 28.2. The van der Waals surface area contributed by atoms with Crippen molar-refractivity contribution in [3.05, 3.63) is 198 Å². The normalized spacial score (nSPS) is 13.4. The van der Waals surface area contributed by atoms with Crippen LogP contribution in [0.1, 0.15) is 22.3 Å². The number of nitrogens with zero attached hydrogens (tertiary/aromatic N) is 1. The molecule has 2 aromatic heterocycles. The van der Waals surface area contributed by atoms with Crippen LogP contribution in [0, 0.1) is 0 Å². The molecule has 0 saturated heterocycles. The van der Waals surface area contributed by atoms with Crippen molar-refractivity contribution in [3.8, 4) is 56.3 Å². The molecule has 0 saturated carbocycles. The lowest BCUT2D eigenvalue weighted by atomic mass is 9.66. The van der Waals surface area contributed by atoms with Crippen LogP contribution in [0.3, 0.4) is 0 Å². The number of benzene rings is 7. The largest absolute Gasteiger partial charge is 0.457 e. The van der Waals surface area contributed by atoms with Crippen molar-refractivity contribution in [3.63, 3.8) is 0 Å². The highest BCUT2D eigenvalue weighted by Gasteiger charge is 2.51. The molecule has 0 bridgehead atoms. The molecule has 2 aliphatic rings. The van der Waals surface area contributed by atoms with Crippen LogP contribution in [0.5, 0.6) is 11.5 Å². The van der Waals surface area contributed by atoms with E-state index in [4.69, 9.17) is 14.1 Å². The molecule has 0 radical (unpaired) electrons. The van der Waals surface area contributed by atoms with Crippen LogP contribution >= 0.6 is 0 Å². The Hall–Kier alpha value is -6.71. The number of rotatable bonds is 3. The molecule has 0 fully saturated rings. The molecular weight excluding hydrogens is 623 g/mol. The molecule has 3 heteroatoms. The first-order valence-electron chi connectivity index (χ1n) is 17.4. The zero-order chi connectivity index (χ0) is 33.5. The third-order valence-electron chi connectivity index (χ3n) is 10.7. The highest BCUT2D eigenvalue weighted by atomic mass is 16.5. The van der Waals surface area contributed by atoms with Crippen LogP contribution in [0.25, 0.3) is 66.7 Å². The van der Waals surface area contributed by atoms with Crippen LogP contribution in [0.4, 0.5) is 0 Å². The maximum Gasteiger partial charge on any atom is 0.144 e. The van der Waals surface area contributed by atoms with Gasteiger partial charge in [0.15, 0.2) is 0 Å².